The minimum Gasteiger partial charge on any atom is -0.298 e. The number of ketones is 1. The van der Waals surface area contributed by atoms with E-state index in [0.717, 1.165) is 25.9 Å². The predicted octanol–water partition coefficient (Wildman–Crippen LogP) is 0.814. The Morgan fingerprint density at radius 1 is 1.40 bits per heavy atom. The van der Waals surface area contributed by atoms with Gasteiger partial charge >= 0.3 is 0 Å². The van der Waals surface area contributed by atoms with Gasteiger partial charge < -0.3 is 0 Å². The van der Waals surface area contributed by atoms with Crippen LogP contribution >= 0.6 is 0 Å². The van der Waals surface area contributed by atoms with Gasteiger partial charge in [-0.1, -0.05) is 0 Å². The van der Waals surface area contributed by atoms with E-state index in [9.17, 15) is 4.79 Å². The molecule has 2 fully saturated rings. The molecule has 1 atom stereocenters. The SMILES string of the molecule is CC(=O)C12CCCN1CC2. The van der Waals surface area contributed by atoms with E-state index in [1.165, 1.54) is 6.42 Å². The largest absolute Gasteiger partial charge is 0.298 e. The average Bonchev–Trinajstić information content (AvgIpc) is 2.09. The molecule has 0 aromatic heterocycles. The quantitative estimate of drug-likeness (QED) is 0.536. The van der Waals surface area contributed by atoms with Crippen LogP contribution in [0.4, 0.5) is 0 Å². The number of carbonyl (C=O) groups excluding carboxylic acids is 1. The lowest BCUT2D eigenvalue weighted by Crippen LogP contribution is -2.59. The van der Waals surface area contributed by atoms with Gasteiger partial charge in [-0.3, -0.25) is 9.69 Å². The fourth-order valence-electron chi connectivity index (χ4n) is 2.29. The summed E-state index contributed by atoms with van der Waals surface area (Å²) < 4.78 is 0. The second-order valence-corrected chi connectivity index (χ2v) is 3.43. The van der Waals surface area contributed by atoms with E-state index < -0.39 is 0 Å². The molecule has 2 rings (SSSR count). The summed E-state index contributed by atoms with van der Waals surface area (Å²) in [6.07, 6.45) is 3.45. The van der Waals surface area contributed by atoms with Crippen LogP contribution in [0.3, 0.4) is 0 Å². The highest BCUT2D eigenvalue weighted by atomic mass is 16.1. The van der Waals surface area contributed by atoms with E-state index in [1.54, 1.807) is 6.92 Å². The molecular weight excluding hydrogens is 126 g/mol. The van der Waals surface area contributed by atoms with E-state index in [0.29, 0.717) is 5.78 Å². The Bertz CT molecular complexity index is 178. The van der Waals surface area contributed by atoms with Crippen molar-refractivity contribution in [2.45, 2.75) is 31.7 Å². The number of rotatable bonds is 1. The molecule has 56 valence electrons. The fourth-order valence-corrected chi connectivity index (χ4v) is 2.29. The third-order valence-electron chi connectivity index (χ3n) is 3.07. The van der Waals surface area contributed by atoms with Crippen molar-refractivity contribution in [3.05, 3.63) is 0 Å². The first kappa shape index (κ1) is 6.35. The highest BCUT2D eigenvalue weighted by Crippen LogP contribution is 2.40. The molecule has 0 spiro atoms. The van der Waals surface area contributed by atoms with Crippen molar-refractivity contribution >= 4 is 5.78 Å². The average molecular weight is 139 g/mol. The van der Waals surface area contributed by atoms with Gasteiger partial charge in [0.05, 0.1) is 5.54 Å². The summed E-state index contributed by atoms with van der Waals surface area (Å²) in [6.45, 7) is 4.04. The molecule has 2 saturated heterocycles. The molecule has 0 N–H and O–H groups in total. The van der Waals surface area contributed by atoms with Gasteiger partial charge in [0.1, 0.15) is 5.78 Å². The van der Waals surface area contributed by atoms with E-state index in [1.807, 2.05) is 0 Å². The van der Waals surface area contributed by atoms with Crippen LogP contribution in [0, 0.1) is 0 Å². The normalized spacial score (nSPS) is 38.9. The number of nitrogens with zero attached hydrogens (tertiary/aromatic N) is 1. The summed E-state index contributed by atoms with van der Waals surface area (Å²) in [5, 5.41) is 0. The Kier molecular flexibility index (Phi) is 1.15. The molecule has 0 radical (unpaired) electrons. The van der Waals surface area contributed by atoms with Crippen LogP contribution in [-0.2, 0) is 4.79 Å². The molecule has 0 saturated carbocycles. The van der Waals surface area contributed by atoms with E-state index in [2.05, 4.69) is 4.90 Å². The molecule has 0 aromatic carbocycles. The van der Waals surface area contributed by atoms with Crippen LogP contribution in [0.25, 0.3) is 0 Å². The lowest BCUT2D eigenvalue weighted by Gasteiger charge is -2.46. The summed E-state index contributed by atoms with van der Waals surface area (Å²) in [4.78, 5) is 13.5. The summed E-state index contributed by atoms with van der Waals surface area (Å²) in [5.74, 6) is 0.385. The Morgan fingerprint density at radius 2 is 2.20 bits per heavy atom. The molecular formula is C8H13NO. The molecule has 2 aliphatic heterocycles. The van der Waals surface area contributed by atoms with Crippen LogP contribution < -0.4 is 0 Å². The Morgan fingerprint density at radius 3 is 2.50 bits per heavy atom. The third-order valence-corrected chi connectivity index (χ3v) is 3.07. The standard InChI is InChI=1S/C8H13NO/c1-7(10)8-3-2-5-9(8)6-4-8/h2-6H2,1H3. The van der Waals surface area contributed by atoms with Crippen molar-refractivity contribution in [1.29, 1.82) is 0 Å². The third kappa shape index (κ3) is 0.553. The van der Waals surface area contributed by atoms with Gasteiger partial charge in [0.15, 0.2) is 0 Å². The number of carbonyl (C=O) groups is 1. The van der Waals surface area contributed by atoms with Gasteiger partial charge in [-0.05, 0) is 32.7 Å². The van der Waals surface area contributed by atoms with Gasteiger partial charge in [0.25, 0.3) is 0 Å². The van der Waals surface area contributed by atoms with Crippen molar-refractivity contribution in [2.75, 3.05) is 13.1 Å². The Balaban J connectivity index is 2.21. The van der Waals surface area contributed by atoms with Crippen LogP contribution in [0.2, 0.25) is 0 Å². The smallest absolute Gasteiger partial charge is 0.150 e. The first-order valence-corrected chi connectivity index (χ1v) is 4.02. The van der Waals surface area contributed by atoms with Gasteiger partial charge in [0, 0.05) is 6.54 Å². The topological polar surface area (TPSA) is 20.3 Å². The summed E-state index contributed by atoms with van der Waals surface area (Å²) in [7, 11) is 0. The van der Waals surface area contributed by atoms with Crippen LogP contribution in [0.5, 0.6) is 0 Å². The van der Waals surface area contributed by atoms with E-state index >= 15 is 0 Å². The van der Waals surface area contributed by atoms with Crippen molar-refractivity contribution in [2.24, 2.45) is 0 Å². The summed E-state index contributed by atoms with van der Waals surface area (Å²) in [6, 6.07) is 0. The van der Waals surface area contributed by atoms with Crippen LogP contribution in [0.15, 0.2) is 0 Å². The highest BCUT2D eigenvalue weighted by Gasteiger charge is 2.51. The molecule has 2 aliphatic rings. The molecule has 2 nitrogen and oxygen atoms in total. The van der Waals surface area contributed by atoms with Crippen molar-refractivity contribution in [3.63, 3.8) is 0 Å². The second-order valence-electron chi connectivity index (χ2n) is 3.43. The fraction of sp³-hybridized carbons (Fsp3) is 0.875. The molecule has 0 bridgehead atoms. The minimum atomic E-state index is 0.0278. The maximum Gasteiger partial charge on any atom is 0.150 e. The summed E-state index contributed by atoms with van der Waals surface area (Å²) >= 11 is 0. The Labute approximate surface area is 61.2 Å². The van der Waals surface area contributed by atoms with Crippen molar-refractivity contribution in [3.8, 4) is 0 Å². The summed E-state index contributed by atoms with van der Waals surface area (Å²) in [5.41, 5.74) is 0.0278. The predicted molar refractivity (Wildman–Crippen MR) is 38.8 cm³/mol. The van der Waals surface area contributed by atoms with Crippen LogP contribution in [-0.4, -0.2) is 29.3 Å². The number of hydrogen-bond donors (Lipinski definition) is 0. The van der Waals surface area contributed by atoms with Gasteiger partial charge in [-0.25, -0.2) is 0 Å². The molecule has 0 amide bonds. The Hall–Kier alpha value is -0.370. The maximum atomic E-state index is 11.2. The van der Waals surface area contributed by atoms with Crippen LogP contribution in [0.1, 0.15) is 26.2 Å². The van der Waals surface area contributed by atoms with Gasteiger partial charge in [0.2, 0.25) is 0 Å². The first-order valence-electron chi connectivity index (χ1n) is 4.02. The highest BCUT2D eigenvalue weighted by molar-refractivity contribution is 5.87. The molecule has 10 heavy (non-hydrogen) atoms. The monoisotopic (exact) mass is 139 g/mol. The molecule has 2 heteroatoms. The van der Waals surface area contributed by atoms with Gasteiger partial charge in [-0.2, -0.15) is 0 Å². The van der Waals surface area contributed by atoms with Crippen molar-refractivity contribution in [1.82, 2.24) is 4.90 Å². The van der Waals surface area contributed by atoms with E-state index in [4.69, 9.17) is 0 Å². The second kappa shape index (κ2) is 1.82. The number of Topliss-reactive ketones (excluding diaryl/α,β-unsaturated/α-hetero) is 1. The molecule has 2 heterocycles. The zero-order valence-corrected chi connectivity index (χ0v) is 6.39. The lowest BCUT2D eigenvalue weighted by molar-refractivity contribution is -0.134. The molecule has 1 unspecified atom stereocenters. The maximum absolute atomic E-state index is 11.2. The lowest BCUT2D eigenvalue weighted by atomic mass is 9.82. The number of hydrogen-bond acceptors (Lipinski definition) is 2. The van der Waals surface area contributed by atoms with Crippen molar-refractivity contribution < 1.29 is 4.79 Å². The zero-order valence-electron chi connectivity index (χ0n) is 6.39. The van der Waals surface area contributed by atoms with Gasteiger partial charge in [-0.15, -0.1) is 0 Å². The zero-order chi connectivity index (χ0) is 7.19. The molecule has 0 aliphatic carbocycles. The first-order chi connectivity index (χ1) is 4.76. The molecule has 0 aromatic rings. The minimum absolute atomic E-state index is 0.0278. The van der Waals surface area contributed by atoms with E-state index in [-0.39, 0.29) is 5.54 Å². The number of fused-ring (bicyclic) bond motifs is 1.